The summed E-state index contributed by atoms with van der Waals surface area (Å²) in [7, 11) is 7.32. The van der Waals surface area contributed by atoms with Crippen LogP contribution in [-0.2, 0) is 13.3 Å². The third-order valence-corrected chi connectivity index (χ3v) is 9.77. The first-order chi connectivity index (χ1) is 16.5. The van der Waals surface area contributed by atoms with Crippen LogP contribution in [0.15, 0.2) is 0 Å². The number of halogens is 3. The summed E-state index contributed by atoms with van der Waals surface area (Å²) in [4.78, 5) is 1.57. The van der Waals surface area contributed by atoms with E-state index in [1.165, 1.54) is 109 Å². The molecule has 0 aliphatic carbocycles. The van der Waals surface area contributed by atoms with E-state index in [0.29, 0.717) is 13.3 Å². The Morgan fingerprint density at radius 2 is 0.941 bits per heavy atom. The average molecular weight is 842 g/mol. The summed E-state index contributed by atoms with van der Waals surface area (Å²) < 4.78 is 16.7. The van der Waals surface area contributed by atoms with E-state index >= 15 is 0 Å². The molecule has 1 N–H and O–H groups in total. The second-order valence-corrected chi connectivity index (χ2v) is 29.1. The molecule has 0 heterocycles. The van der Waals surface area contributed by atoms with Gasteiger partial charge in [-0.2, -0.15) is 0 Å². The van der Waals surface area contributed by atoms with Crippen molar-refractivity contribution in [1.29, 1.82) is 0 Å². The van der Waals surface area contributed by atoms with Crippen molar-refractivity contribution in [3.63, 3.8) is 0 Å². The Bertz CT molecular complexity index is 384. The van der Waals surface area contributed by atoms with Crippen LogP contribution in [0.2, 0.25) is 6.04 Å². The van der Waals surface area contributed by atoms with Crippen molar-refractivity contribution in [2.24, 2.45) is 0 Å². The van der Waals surface area contributed by atoms with Gasteiger partial charge >= 0.3 is 59.3 Å². The third kappa shape index (κ3) is 24.6. The molecule has 210 valence electrons. The van der Waals surface area contributed by atoms with Crippen molar-refractivity contribution < 1.29 is 31.4 Å². The van der Waals surface area contributed by atoms with Crippen LogP contribution in [0.3, 0.4) is 0 Å². The molecule has 0 aliphatic rings. The average Bonchev–Trinajstić information content (AvgIpc) is 2.83. The molecule has 0 saturated heterocycles. The van der Waals surface area contributed by atoms with Gasteiger partial charge < -0.3 is 18.2 Å². The quantitative estimate of drug-likeness (QED) is 0.0826. The Morgan fingerprint density at radius 3 is 1.26 bits per heavy atom. The fourth-order valence-electron chi connectivity index (χ4n) is 4.60. The molecular formula is C26H58I3NO3Si. The SMILES string of the molecule is CCCCCCCCCCCCCCCCCC(CCC[Si](OC)(OC)OC)[NH+](C)C.I[I-]I. The van der Waals surface area contributed by atoms with Gasteiger partial charge in [0.1, 0.15) is 0 Å². The molecule has 1 unspecified atom stereocenters. The van der Waals surface area contributed by atoms with E-state index < -0.39 is 8.80 Å². The Morgan fingerprint density at radius 1 is 0.618 bits per heavy atom. The molecule has 0 amide bonds. The van der Waals surface area contributed by atoms with Gasteiger partial charge in [-0.1, -0.05) is 96.8 Å². The summed E-state index contributed by atoms with van der Waals surface area (Å²) in [6, 6.07) is 1.65. The predicted molar refractivity (Wildman–Crippen MR) is 165 cm³/mol. The van der Waals surface area contributed by atoms with Gasteiger partial charge in [-0.05, 0) is 25.7 Å². The van der Waals surface area contributed by atoms with Gasteiger partial charge in [-0.15, -0.1) is 0 Å². The summed E-state index contributed by atoms with van der Waals surface area (Å²) in [6.07, 6.45) is 25.2. The van der Waals surface area contributed by atoms with Crippen molar-refractivity contribution >= 4 is 46.0 Å². The molecule has 0 radical (unpaired) electrons. The molecule has 4 nitrogen and oxygen atoms in total. The van der Waals surface area contributed by atoms with Crippen molar-refractivity contribution in [1.82, 2.24) is 0 Å². The van der Waals surface area contributed by atoms with Gasteiger partial charge in [0.25, 0.3) is 0 Å². The summed E-state index contributed by atoms with van der Waals surface area (Å²) in [5.74, 6) is 0. The van der Waals surface area contributed by atoms with Crippen LogP contribution in [0.25, 0.3) is 0 Å². The first kappa shape index (κ1) is 38.4. The summed E-state index contributed by atoms with van der Waals surface area (Å²) in [5, 5.41) is 0. The normalized spacial score (nSPS) is 12.7. The van der Waals surface area contributed by atoms with Crippen LogP contribution in [0.5, 0.6) is 0 Å². The molecule has 1 atom stereocenters. The first-order valence-electron chi connectivity index (χ1n) is 13.8. The van der Waals surface area contributed by atoms with Gasteiger partial charge in [-0.3, -0.25) is 0 Å². The molecule has 0 aromatic heterocycles. The zero-order valence-corrected chi connectivity index (χ0v) is 30.8. The van der Waals surface area contributed by atoms with E-state index in [9.17, 15) is 0 Å². The van der Waals surface area contributed by atoms with Crippen LogP contribution < -0.4 is 18.2 Å². The minimum atomic E-state index is -2.40. The second-order valence-electron chi connectivity index (χ2n) is 9.75. The summed E-state index contributed by atoms with van der Waals surface area (Å²) in [5.41, 5.74) is 0. The van der Waals surface area contributed by atoms with E-state index in [2.05, 4.69) is 58.3 Å². The first-order valence-corrected chi connectivity index (χ1v) is 28.3. The number of hydrogen-bond acceptors (Lipinski definition) is 3. The maximum absolute atomic E-state index is 5.56. The fraction of sp³-hybridized carbons (Fsp3) is 1.00. The van der Waals surface area contributed by atoms with Crippen molar-refractivity contribution in [2.45, 2.75) is 135 Å². The zero-order chi connectivity index (χ0) is 25.9. The molecule has 8 heteroatoms. The van der Waals surface area contributed by atoms with Crippen LogP contribution in [0.4, 0.5) is 0 Å². The number of nitrogens with one attached hydrogen (secondary N) is 1. The van der Waals surface area contributed by atoms with E-state index in [1.54, 1.807) is 26.2 Å². The van der Waals surface area contributed by atoms with Gasteiger partial charge in [-0.25, -0.2) is 0 Å². The van der Waals surface area contributed by atoms with Gasteiger partial charge in [0, 0.05) is 27.4 Å². The van der Waals surface area contributed by atoms with Crippen LogP contribution in [-0.4, -0.2) is 50.3 Å². The summed E-state index contributed by atoms with van der Waals surface area (Å²) >= 11 is 5.30. The summed E-state index contributed by atoms with van der Waals surface area (Å²) in [6.45, 7) is 2.29. The van der Waals surface area contributed by atoms with Crippen LogP contribution in [0.1, 0.15) is 122 Å². The van der Waals surface area contributed by atoms with Gasteiger partial charge in [0.15, 0.2) is 0 Å². The number of quaternary nitrogens is 1. The van der Waals surface area contributed by atoms with Crippen molar-refractivity contribution in [3.8, 4) is 0 Å². The van der Waals surface area contributed by atoms with Gasteiger partial charge in [0.2, 0.25) is 0 Å². The molecule has 0 aromatic carbocycles. The molecule has 0 aliphatic heterocycles. The molecule has 0 rings (SSSR count). The van der Waals surface area contributed by atoms with Crippen molar-refractivity contribution in [2.75, 3.05) is 35.4 Å². The van der Waals surface area contributed by atoms with Crippen LogP contribution >= 0.6 is 37.2 Å². The number of unbranched alkanes of at least 4 members (excludes halogenated alkanes) is 14. The van der Waals surface area contributed by atoms with E-state index in [4.69, 9.17) is 13.3 Å². The maximum atomic E-state index is 5.56. The van der Waals surface area contributed by atoms with E-state index in [1.807, 2.05) is 0 Å². The number of rotatable bonds is 24. The minimum absolute atomic E-state index is 0.530. The Balaban J connectivity index is 0. The molecule has 0 fully saturated rings. The molecule has 0 spiro atoms. The Kier molecular flexibility index (Phi) is 33.6. The monoisotopic (exact) mass is 841 g/mol. The predicted octanol–water partition coefficient (Wildman–Crippen LogP) is 5.19. The standard InChI is InChI=1S/C26H57NO3Si.I3/c1-7-8-9-10-11-12-13-14-15-16-17-18-19-20-21-23-26(27(2)3)24-22-25-31(28-4,29-5)30-6;1-3-2/h26H,7-25H2,1-6H3;/q;-1/p+1. The zero-order valence-electron chi connectivity index (χ0n) is 23.4. The number of hydrogen-bond donors (Lipinski definition) is 1. The molecule has 0 aromatic rings. The second kappa shape index (κ2) is 29.8. The molecule has 0 bridgehead atoms. The van der Waals surface area contributed by atoms with Crippen molar-refractivity contribution in [3.05, 3.63) is 0 Å². The molecule has 0 saturated carbocycles. The third-order valence-electron chi connectivity index (χ3n) is 6.94. The van der Waals surface area contributed by atoms with Crippen LogP contribution in [0, 0.1) is 0 Å². The molecule has 34 heavy (non-hydrogen) atoms. The topological polar surface area (TPSA) is 32.1 Å². The van der Waals surface area contributed by atoms with E-state index in [-0.39, 0.29) is 0 Å². The fourth-order valence-corrected chi connectivity index (χ4v) is 6.35. The van der Waals surface area contributed by atoms with E-state index in [0.717, 1.165) is 18.5 Å². The Labute approximate surface area is 245 Å². The van der Waals surface area contributed by atoms with Gasteiger partial charge in [0.05, 0.1) is 20.1 Å². The Hall–Kier alpha value is 2.25. The molecular weight excluding hydrogens is 783 g/mol.